The molecule has 0 saturated heterocycles. The van der Waals surface area contributed by atoms with Gasteiger partial charge in [-0.15, -0.1) is 0 Å². The van der Waals surface area contributed by atoms with Crippen molar-refractivity contribution < 1.29 is 19.0 Å². The van der Waals surface area contributed by atoms with Crippen LogP contribution in [0, 0.1) is 11.7 Å². The summed E-state index contributed by atoms with van der Waals surface area (Å²) >= 11 is 6.04. The lowest BCUT2D eigenvalue weighted by Gasteiger charge is -2.47. The molecule has 1 spiro atoms. The standard InChI is InChI=1S/C21H20ClFN2O3/c22-13-5-12(6-14(23)8-13)11-1-3-18-16(7-11)21(10-27-20(24)25-21)17-9-15(26)2-4-19(17)28-18/h1,3,5-8,15,17,19,26H,2,4,9-10H2,(H2,24,25)/t15-,17-,19-,21+/m1/s1. The zero-order valence-electron chi connectivity index (χ0n) is 15.1. The Kier molecular flexibility index (Phi) is 4.03. The number of rotatable bonds is 1. The van der Waals surface area contributed by atoms with E-state index in [9.17, 15) is 9.50 Å². The fourth-order valence-corrected chi connectivity index (χ4v) is 4.99. The quantitative estimate of drug-likeness (QED) is 0.764. The van der Waals surface area contributed by atoms with Gasteiger partial charge >= 0.3 is 0 Å². The molecular weight excluding hydrogens is 383 g/mol. The summed E-state index contributed by atoms with van der Waals surface area (Å²) < 4.78 is 25.7. The molecule has 4 atom stereocenters. The number of nitrogens with two attached hydrogens (primary N) is 1. The van der Waals surface area contributed by atoms with Gasteiger partial charge in [0, 0.05) is 16.5 Å². The summed E-state index contributed by atoms with van der Waals surface area (Å²) in [6.45, 7) is 0.302. The van der Waals surface area contributed by atoms with Crippen molar-refractivity contribution in [1.82, 2.24) is 0 Å². The Hall–Kier alpha value is -2.31. The van der Waals surface area contributed by atoms with Crippen molar-refractivity contribution in [3.63, 3.8) is 0 Å². The smallest absolute Gasteiger partial charge is 0.283 e. The first-order valence-corrected chi connectivity index (χ1v) is 9.76. The number of amidine groups is 1. The summed E-state index contributed by atoms with van der Waals surface area (Å²) in [4.78, 5) is 4.69. The van der Waals surface area contributed by atoms with Gasteiger partial charge in [0.25, 0.3) is 6.02 Å². The molecule has 5 rings (SSSR count). The van der Waals surface area contributed by atoms with Crippen molar-refractivity contribution in [2.45, 2.75) is 37.0 Å². The van der Waals surface area contributed by atoms with E-state index in [2.05, 4.69) is 0 Å². The largest absolute Gasteiger partial charge is 0.490 e. The minimum absolute atomic E-state index is 0.0452. The zero-order valence-corrected chi connectivity index (χ0v) is 15.8. The Morgan fingerprint density at radius 1 is 1.18 bits per heavy atom. The number of benzene rings is 2. The maximum absolute atomic E-state index is 13.9. The highest BCUT2D eigenvalue weighted by atomic mass is 35.5. The summed E-state index contributed by atoms with van der Waals surface area (Å²) in [7, 11) is 0. The molecule has 3 N–H and O–H groups in total. The van der Waals surface area contributed by atoms with E-state index in [1.54, 1.807) is 6.07 Å². The third kappa shape index (κ3) is 2.74. The number of hydrogen-bond acceptors (Lipinski definition) is 5. The van der Waals surface area contributed by atoms with Crippen LogP contribution in [0.25, 0.3) is 11.1 Å². The van der Waals surface area contributed by atoms with Crippen LogP contribution in [0.15, 0.2) is 41.4 Å². The molecule has 1 aliphatic carbocycles. The fraction of sp³-hybridized carbons (Fsp3) is 0.381. The van der Waals surface area contributed by atoms with E-state index in [-0.39, 0.29) is 18.0 Å². The van der Waals surface area contributed by atoms with E-state index in [4.69, 9.17) is 31.8 Å². The number of fused-ring (bicyclic) bond motifs is 4. The van der Waals surface area contributed by atoms with E-state index in [1.807, 2.05) is 18.2 Å². The predicted molar refractivity (Wildman–Crippen MR) is 104 cm³/mol. The summed E-state index contributed by atoms with van der Waals surface area (Å²) in [5.74, 6) is 0.287. The highest BCUT2D eigenvalue weighted by Crippen LogP contribution is 2.53. The summed E-state index contributed by atoms with van der Waals surface area (Å²) in [6, 6.07) is 10.3. The molecule has 0 amide bonds. The van der Waals surface area contributed by atoms with Gasteiger partial charge in [0.1, 0.15) is 29.8 Å². The lowest BCUT2D eigenvalue weighted by molar-refractivity contribution is -0.0359. The van der Waals surface area contributed by atoms with Crippen molar-refractivity contribution in [1.29, 1.82) is 0 Å². The Morgan fingerprint density at radius 2 is 2.04 bits per heavy atom. The summed E-state index contributed by atoms with van der Waals surface area (Å²) in [5, 5.41) is 10.6. The van der Waals surface area contributed by atoms with E-state index in [0.717, 1.165) is 23.3 Å². The van der Waals surface area contributed by atoms with Crippen molar-refractivity contribution in [3.05, 3.63) is 52.8 Å². The van der Waals surface area contributed by atoms with Crippen molar-refractivity contribution in [2.24, 2.45) is 16.6 Å². The number of hydrogen-bond donors (Lipinski definition) is 2. The number of nitrogens with zero attached hydrogens (tertiary/aromatic N) is 1. The number of aliphatic hydroxyl groups excluding tert-OH is 1. The van der Waals surface area contributed by atoms with Gasteiger partial charge in [0.2, 0.25) is 0 Å². The SMILES string of the molecule is NC1=N[C@@]2(CO1)c1cc(-c3cc(F)cc(Cl)c3)ccc1O[C@@H]1CC[C@@H](O)C[C@H]12. The normalized spacial score (nSPS) is 30.8. The van der Waals surface area contributed by atoms with Crippen LogP contribution >= 0.6 is 11.6 Å². The van der Waals surface area contributed by atoms with Gasteiger partial charge in [0.15, 0.2) is 0 Å². The minimum atomic E-state index is -0.711. The van der Waals surface area contributed by atoms with Crippen LogP contribution < -0.4 is 10.5 Å². The Bertz CT molecular complexity index is 962. The maximum Gasteiger partial charge on any atom is 0.283 e. The van der Waals surface area contributed by atoms with Crippen LogP contribution in [0.2, 0.25) is 5.02 Å². The molecular formula is C21H20ClFN2O3. The van der Waals surface area contributed by atoms with Gasteiger partial charge in [-0.05, 0) is 60.7 Å². The van der Waals surface area contributed by atoms with Gasteiger partial charge in [-0.1, -0.05) is 17.7 Å². The molecule has 1 fully saturated rings. The Labute approximate surface area is 166 Å². The second-order valence-electron chi connectivity index (χ2n) is 7.76. The molecule has 5 nitrogen and oxygen atoms in total. The molecule has 0 radical (unpaired) electrons. The highest BCUT2D eigenvalue weighted by Gasteiger charge is 2.55. The van der Waals surface area contributed by atoms with Gasteiger partial charge in [-0.3, -0.25) is 0 Å². The second-order valence-corrected chi connectivity index (χ2v) is 8.20. The van der Waals surface area contributed by atoms with Crippen LogP contribution in [0.3, 0.4) is 0 Å². The average molecular weight is 403 g/mol. The second kappa shape index (κ2) is 6.36. The minimum Gasteiger partial charge on any atom is -0.490 e. The third-order valence-electron chi connectivity index (χ3n) is 6.04. The first-order valence-electron chi connectivity index (χ1n) is 9.38. The topological polar surface area (TPSA) is 77.1 Å². The van der Waals surface area contributed by atoms with Crippen LogP contribution in [0.5, 0.6) is 5.75 Å². The van der Waals surface area contributed by atoms with Crippen LogP contribution in [-0.4, -0.2) is 29.9 Å². The van der Waals surface area contributed by atoms with Crippen molar-refractivity contribution in [2.75, 3.05) is 6.61 Å². The van der Waals surface area contributed by atoms with Crippen molar-refractivity contribution >= 4 is 17.6 Å². The van der Waals surface area contributed by atoms with Gasteiger partial charge in [0.05, 0.1) is 6.10 Å². The monoisotopic (exact) mass is 402 g/mol. The molecule has 7 heteroatoms. The van der Waals surface area contributed by atoms with E-state index in [0.29, 0.717) is 30.0 Å². The number of aliphatic hydroxyl groups is 1. The maximum atomic E-state index is 13.9. The molecule has 3 aliphatic rings. The first kappa shape index (κ1) is 17.8. The average Bonchev–Trinajstić information content (AvgIpc) is 3.04. The molecule has 0 aromatic heterocycles. The van der Waals surface area contributed by atoms with Gasteiger partial charge in [-0.2, -0.15) is 0 Å². The van der Waals surface area contributed by atoms with Gasteiger partial charge in [-0.25, -0.2) is 9.38 Å². The molecule has 2 heterocycles. The first-order chi connectivity index (χ1) is 13.4. The Morgan fingerprint density at radius 3 is 2.79 bits per heavy atom. The van der Waals surface area contributed by atoms with Crippen LogP contribution in [-0.2, 0) is 10.3 Å². The molecule has 2 aromatic carbocycles. The molecule has 0 unspecified atom stereocenters. The summed E-state index contributed by atoms with van der Waals surface area (Å²) in [5.41, 5.74) is 7.51. The van der Waals surface area contributed by atoms with Crippen molar-refractivity contribution in [3.8, 4) is 16.9 Å². The van der Waals surface area contributed by atoms with Crippen LogP contribution in [0.1, 0.15) is 24.8 Å². The van der Waals surface area contributed by atoms with Crippen LogP contribution in [0.4, 0.5) is 4.39 Å². The molecule has 2 aliphatic heterocycles. The van der Waals surface area contributed by atoms with Gasteiger partial charge < -0.3 is 20.3 Å². The summed E-state index contributed by atoms with van der Waals surface area (Å²) in [6.07, 6.45) is 1.57. The molecule has 28 heavy (non-hydrogen) atoms. The molecule has 146 valence electrons. The lowest BCUT2D eigenvalue weighted by Crippen LogP contribution is -2.51. The van der Waals surface area contributed by atoms with E-state index >= 15 is 0 Å². The Balaban J connectivity index is 1.67. The molecule has 1 saturated carbocycles. The zero-order chi connectivity index (χ0) is 19.5. The molecule has 2 aromatic rings. The fourth-order valence-electron chi connectivity index (χ4n) is 4.77. The van der Waals surface area contributed by atoms with E-state index in [1.165, 1.54) is 12.1 Å². The lowest BCUT2D eigenvalue weighted by atomic mass is 9.67. The molecule has 0 bridgehead atoms. The number of ether oxygens (including phenoxy) is 2. The third-order valence-corrected chi connectivity index (χ3v) is 6.26. The number of halogens is 2. The van der Waals surface area contributed by atoms with E-state index < -0.39 is 17.5 Å². The number of aliphatic imine (C=N–C) groups is 1. The predicted octanol–water partition coefficient (Wildman–Crippen LogP) is 3.61. The highest BCUT2D eigenvalue weighted by molar-refractivity contribution is 6.30.